The zero-order chi connectivity index (χ0) is 13.8. The number of hydrogen-bond acceptors (Lipinski definition) is 3. The summed E-state index contributed by atoms with van der Waals surface area (Å²) < 4.78 is 0.947. The van der Waals surface area contributed by atoms with Crippen LogP contribution in [0.4, 0.5) is 5.69 Å². The summed E-state index contributed by atoms with van der Waals surface area (Å²) >= 11 is 4.41. The molecule has 1 aromatic carbocycles. The molecule has 0 aliphatic heterocycles. The van der Waals surface area contributed by atoms with Gasteiger partial charge >= 0.3 is 5.97 Å². The number of benzene rings is 1. The molecular formula is C13H10BrNO3S. The predicted octanol–water partition coefficient (Wildman–Crippen LogP) is 3.39. The summed E-state index contributed by atoms with van der Waals surface area (Å²) in [6, 6.07) is 8.99. The lowest BCUT2D eigenvalue weighted by Crippen LogP contribution is -2.15. The van der Waals surface area contributed by atoms with Crippen LogP contribution in [0.1, 0.15) is 15.2 Å². The summed E-state index contributed by atoms with van der Waals surface area (Å²) in [6.45, 7) is 0. The van der Waals surface area contributed by atoms with Gasteiger partial charge in [-0.2, -0.15) is 0 Å². The third kappa shape index (κ3) is 3.65. The first-order valence-electron chi connectivity index (χ1n) is 5.41. The Balaban J connectivity index is 2.03. The molecule has 0 saturated carbocycles. The van der Waals surface area contributed by atoms with E-state index in [9.17, 15) is 9.59 Å². The Labute approximate surface area is 122 Å². The van der Waals surface area contributed by atoms with Crippen molar-refractivity contribution in [2.24, 2.45) is 0 Å². The smallest absolute Gasteiger partial charge is 0.348 e. The van der Waals surface area contributed by atoms with E-state index in [0.29, 0.717) is 5.69 Å². The lowest BCUT2D eigenvalue weighted by Gasteiger charge is -2.04. The Morgan fingerprint density at radius 2 is 1.89 bits per heavy atom. The molecule has 1 aromatic heterocycles. The van der Waals surface area contributed by atoms with Crippen LogP contribution >= 0.6 is 27.3 Å². The molecular weight excluding hydrogens is 330 g/mol. The number of nitrogens with one attached hydrogen (secondary N) is 1. The number of carboxylic acid groups (broad SMARTS) is 1. The van der Waals surface area contributed by atoms with Gasteiger partial charge in [-0.25, -0.2) is 4.79 Å². The van der Waals surface area contributed by atoms with Crippen LogP contribution in [-0.2, 0) is 11.2 Å². The Bertz CT molecular complexity index is 607. The van der Waals surface area contributed by atoms with E-state index < -0.39 is 5.97 Å². The number of aromatic carboxylic acids is 1. The van der Waals surface area contributed by atoms with Gasteiger partial charge in [0.05, 0.1) is 12.1 Å². The number of rotatable bonds is 4. The zero-order valence-corrected chi connectivity index (χ0v) is 12.1. The van der Waals surface area contributed by atoms with Crippen LogP contribution in [0.5, 0.6) is 0 Å². The highest BCUT2D eigenvalue weighted by Gasteiger charge is 2.14. The zero-order valence-electron chi connectivity index (χ0n) is 9.72. The van der Waals surface area contributed by atoms with Gasteiger partial charge in [-0.1, -0.05) is 28.1 Å². The van der Waals surface area contributed by atoms with Gasteiger partial charge in [0.2, 0.25) is 5.91 Å². The van der Waals surface area contributed by atoms with E-state index >= 15 is 0 Å². The van der Waals surface area contributed by atoms with Gasteiger partial charge in [0, 0.05) is 4.47 Å². The first-order valence-corrected chi connectivity index (χ1v) is 7.08. The van der Waals surface area contributed by atoms with Crippen molar-refractivity contribution < 1.29 is 14.7 Å². The molecule has 0 saturated heterocycles. The third-order valence-electron chi connectivity index (χ3n) is 2.41. The van der Waals surface area contributed by atoms with Gasteiger partial charge in [0.25, 0.3) is 0 Å². The fourth-order valence-corrected chi connectivity index (χ4v) is 2.51. The van der Waals surface area contributed by atoms with Crippen LogP contribution in [-0.4, -0.2) is 17.0 Å². The maximum atomic E-state index is 11.8. The van der Waals surface area contributed by atoms with Crippen molar-refractivity contribution in [1.82, 2.24) is 0 Å². The van der Waals surface area contributed by atoms with Crippen molar-refractivity contribution in [1.29, 1.82) is 0 Å². The van der Waals surface area contributed by atoms with Gasteiger partial charge in [0.15, 0.2) is 0 Å². The minimum Gasteiger partial charge on any atom is -0.477 e. The standard InChI is InChI=1S/C13H10BrNO3S/c14-9-3-1-8(2-4-9)7-11(16)15-10-5-6-19-12(10)13(17)18/h1-6H,7H2,(H,15,16)(H,17,18). The normalized spacial score (nSPS) is 10.2. The molecule has 4 nitrogen and oxygen atoms in total. The summed E-state index contributed by atoms with van der Waals surface area (Å²) in [7, 11) is 0. The van der Waals surface area contributed by atoms with Gasteiger partial charge in [0.1, 0.15) is 4.88 Å². The van der Waals surface area contributed by atoms with Gasteiger partial charge < -0.3 is 10.4 Å². The Kier molecular flexibility index (Phi) is 4.34. The van der Waals surface area contributed by atoms with E-state index in [4.69, 9.17) is 5.11 Å². The first-order chi connectivity index (χ1) is 9.06. The molecule has 0 radical (unpaired) electrons. The maximum absolute atomic E-state index is 11.8. The largest absolute Gasteiger partial charge is 0.477 e. The molecule has 0 bridgehead atoms. The molecule has 2 aromatic rings. The summed E-state index contributed by atoms with van der Waals surface area (Å²) in [5.74, 6) is -1.27. The molecule has 19 heavy (non-hydrogen) atoms. The number of thiophene rings is 1. The Morgan fingerprint density at radius 1 is 1.21 bits per heavy atom. The average molecular weight is 340 g/mol. The fourth-order valence-electron chi connectivity index (χ4n) is 1.56. The second kappa shape index (κ2) is 5.99. The molecule has 1 heterocycles. The van der Waals surface area contributed by atoms with Crippen LogP contribution in [0, 0.1) is 0 Å². The Hall–Kier alpha value is -1.66. The molecule has 0 spiro atoms. The molecule has 2 N–H and O–H groups in total. The van der Waals surface area contributed by atoms with Crippen molar-refractivity contribution in [3.63, 3.8) is 0 Å². The van der Waals surface area contributed by atoms with E-state index in [1.165, 1.54) is 0 Å². The monoisotopic (exact) mass is 339 g/mol. The van der Waals surface area contributed by atoms with Gasteiger partial charge in [-0.3, -0.25) is 4.79 Å². The molecule has 6 heteroatoms. The Morgan fingerprint density at radius 3 is 2.53 bits per heavy atom. The summed E-state index contributed by atoms with van der Waals surface area (Å²) in [6.07, 6.45) is 0.211. The molecule has 0 unspecified atom stereocenters. The van der Waals surface area contributed by atoms with Crippen molar-refractivity contribution in [3.8, 4) is 0 Å². The number of hydrogen-bond donors (Lipinski definition) is 2. The number of carbonyl (C=O) groups is 2. The second-order valence-corrected chi connectivity index (χ2v) is 5.65. The number of halogens is 1. The van der Waals surface area contributed by atoms with E-state index in [1.807, 2.05) is 24.3 Å². The topological polar surface area (TPSA) is 66.4 Å². The van der Waals surface area contributed by atoms with Gasteiger partial charge in [-0.05, 0) is 29.1 Å². The minimum absolute atomic E-state index is 0.143. The highest BCUT2D eigenvalue weighted by atomic mass is 79.9. The summed E-state index contributed by atoms with van der Waals surface area (Å²) in [5, 5.41) is 13.2. The molecule has 0 fully saturated rings. The van der Waals surface area contributed by atoms with Crippen molar-refractivity contribution in [3.05, 3.63) is 50.6 Å². The number of anilines is 1. The van der Waals surface area contributed by atoms with E-state index in [1.54, 1.807) is 11.4 Å². The van der Waals surface area contributed by atoms with Crippen molar-refractivity contribution in [2.45, 2.75) is 6.42 Å². The molecule has 0 aliphatic rings. The molecule has 2 rings (SSSR count). The van der Waals surface area contributed by atoms with Crippen molar-refractivity contribution in [2.75, 3.05) is 5.32 Å². The lowest BCUT2D eigenvalue weighted by molar-refractivity contribution is -0.115. The molecule has 1 amide bonds. The SMILES string of the molecule is O=C(Cc1ccc(Br)cc1)Nc1ccsc1C(=O)O. The highest BCUT2D eigenvalue weighted by molar-refractivity contribution is 9.10. The van der Waals surface area contributed by atoms with Crippen LogP contribution < -0.4 is 5.32 Å². The number of amides is 1. The summed E-state index contributed by atoms with van der Waals surface area (Å²) in [4.78, 5) is 22.9. The quantitative estimate of drug-likeness (QED) is 0.897. The molecule has 0 aliphatic carbocycles. The number of carboxylic acids is 1. The average Bonchev–Trinajstić information content (AvgIpc) is 2.80. The maximum Gasteiger partial charge on any atom is 0.348 e. The molecule has 0 atom stereocenters. The van der Waals surface area contributed by atoms with Crippen LogP contribution in [0.3, 0.4) is 0 Å². The lowest BCUT2D eigenvalue weighted by atomic mass is 10.1. The van der Waals surface area contributed by atoms with Crippen LogP contribution in [0.25, 0.3) is 0 Å². The van der Waals surface area contributed by atoms with Crippen LogP contribution in [0.15, 0.2) is 40.2 Å². The minimum atomic E-state index is -1.03. The molecule has 98 valence electrons. The second-order valence-electron chi connectivity index (χ2n) is 3.82. The van der Waals surface area contributed by atoms with Crippen LogP contribution in [0.2, 0.25) is 0 Å². The first kappa shape index (κ1) is 13.8. The fraction of sp³-hybridized carbons (Fsp3) is 0.0769. The predicted molar refractivity (Wildman–Crippen MR) is 77.8 cm³/mol. The van der Waals surface area contributed by atoms with E-state index in [0.717, 1.165) is 21.4 Å². The number of carbonyl (C=O) groups excluding carboxylic acids is 1. The van der Waals surface area contributed by atoms with E-state index in [-0.39, 0.29) is 17.2 Å². The van der Waals surface area contributed by atoms with Gasteiger partial charge in [-0.15, -0.1) is 11.3 Å². The van der Waals surface area contributed by atoms with Crippen molar-refractivity contribution >= 4 is 44.8 Å². The summed E-state index contributed by atoms with van der Waals surface area (Å²) in [5.41, 5.74) is 1.22. The highest BCUT2D eigenvalue weighted by Crippen LogP contribution is 2.22. The third-order valence-corrected chi connectivity index (χ3v) is 3.84. The van der Waals surface area contributed by atoms with E-state index in [2.05, 4.69) is 21.2 Å².